The average Bonchev–Trinajstić information content (AvgIpc) is 3.09. The van der Waals surface area contributed by atoms with Gasteiger partial charge in [0.2, 0.25) is 5.91 Å². The molecule has 1 fully saturated rings. The summed E-state index contributed by atoms with van der Waals surface area (Å²) in [5.41, 5.74) is -0.231. The number of hydrogen-bond donors (Lipinski definition) is 2. The Morgan fingerprint density at radius 1 is 0.963 bits per heavy atom. The van der Waals surface area contributed by atoms with E-state index in [1.165, 1.54) is 36.4 Å². The Morgan fingerprint density at radius 3 is 2.15 bits per heavy atom. The maximum atomic E-state index is 12.5. The zero-order chi connectivity index (χ0) is 19.4. The fraction of sp³-hybridized carbons (Fsp3) is 0.111. The lowest BCUT2D eigenvalue weighted by atomic mass is 10.2. The van der Waals surface area contributed by atoms with Gasteiger partial charge in [-0.2, -0.15) is 0 Å². The molecule has 0 radical (unpaired) electrons. The zero-order valence-electron chi connectivity index (χ0n) is 13.7. The Bertz CT molecular complexity index is 927. The number of rotatable bonds is 5. The lowest BCUT2D eigenvalue weighted by Crippen LogP contribution is -2.35. The van der Waals surface area contributed by atoms with Crippen LogP contribution in [0.15, 0.2) is 48.5 Å². The molecule has 3 rings (SSSR count). The van der Waals surface area contributed by atoms with Gasteiger partial charge in [-0.3, -0.25) is 4.79 Å². The number of esters is 2. The Hall–Kier alpha value is -3.33. The van der Waals surface area contributed by atoms with E-state index in [-0.39, 0.29) is 34.3 Å². The molecule has 0 aromatic heterocycles. The molecule has 138 valence electrons. The smallest absolute Gasteiger partial charge is 0.347 e. The van der Waals surface area contributed by atoms with Crippen molar-refractivity contribution in [1.82, 2.24) is 5.32 Å². The van der Waals surface area contributed by atoms with Crippen LogP contribution in [0.1, 0.15) is 20.7 Å². The number of amides is 1. The Kier molecular flexibility index (Phi) is 5.41. The van der Waals surface area contributed by atoms with Gasteiger partial charge in [-0.25, -0.2) is 14.4 Å². The minimum Gasteiger partial charge on any atom is -0.478 e. The standard InChI is InChI=1S/C18H13NO7S/c20-14-9-27-15(19-14)18(24)26-13-8-4-2-6-11(13)17(23)25-12-7-3-1-5-10(12)16(21)22/h1-8,15H,9H2,(H,19,20)(H,21,22). The fourth-order valence-corrected chi connectivity index (χ4v) is 3.09. The number of ether oxygens (including phenoxy) is 2. The van der Waals surface area contributed by atoms with Crippen molar-refractivity contribution in [1.29, 1.82) is 0 Å². The van der Waals surface area contributed by atoms with Gasteiger partial charge in [0.25, 0.3) is 0 Å². The molecule has 1 unspecified atom stereocenters. The summed E-state index contributed by atoms with van der Waals surface area (Å²) in [6.07, 6.45) is 0. The summed E-state index contributed by atoms with van der Waals surface area (Å²) < 4.78 is 10.4. The highest BCUT2D eigenvalue weighted by Gasteiger charge is 2.30. The molecule has 2 aromatic carbocycles. The SMILES string of the molecule is O=C1CSC(C(=O)Oc2ccccc2C(=O)Oc2ccccc2C(=O)O)N1. The Balaban J connectivity index is 1.79. The van der Waals surface area contributed by atoms with E-state index < -0.39 is 23.3 Å². The molecule has 27 heavy (non-hydrogen) atoms. The Labute approximate surface area is 157 Å². The number of nitrogens with one attached hydrogen (secondary N) is 1. The van der Waals surface area contributed by atoms with Gasteiger partial charge in [-0.05, 0) is 24.3 Å². The zero-order valence-corrected chi connectivity index (χ0v) is 14.5. The van der Waals surface area contributed by atoms with Crippen molar-refractivity contribution in [2.45, 2.75) is 5.37 Å². The van der Waals surface area contributed by atoms with E-state index in [1.807, 2.05) is 0 Å². The lowest BCUT2D eigenvalue weighted by molar-refractivity contribution is -0.135. The average molecular weight is 387 g/mol. The van der Waals surface area contributed by atoms with Crippen LogP contribution in [0.2, 0.25) is 0 Å². The summed E-state index contributed by atoms with van der Waals surface area (Å²) in [5, 5.41) is 10.8. The van der Waals surface area contributed by atoms with Crippen molar-refractivity contribution in [2.75, 3.05) is 5.75 Å². The number of thioether (sulfide) groups is 1. The van der Waals surface area contributed by atoms with Crippen LogP contribution in [-0.4, -0.2) is 40.0 Å². The van der Waals surface area contributed by atoms with E-state index in [1.54, 1.807) is 12.1 Å². The van der Waals surface area contributed by atoms with Crippen molar-refractivity contribution in [3.8, 4) is 11.5 Å². The maximum Gasteiger partial charge on any atom is 0.347 e. The first kappa shape index (κ1) is 18.5. The summed E-state index contributed by atoms with van der Waals surface area (Å²) in [4.78, 5) is 47.1. The molecule has 0 spiro atoms. The first-order valence-electron chi connectivity index (χ1n) is 7.72. The Morgan fingerprint density at radius 2 is 1.56 bits per heavy atom. The molecule has 1 aliphatic heterocycles. The van der Waals surface area contributed by atoms with Crippen molar-refractivity contribution < 1.29 is 33.8 Å². The number of benzene rings is 2. The molecule has 1 aliphatic rings. The minimum absolute atomic E-state index is 0.0537. The van der Waals surface area contributed by atoms with Crippen LogP contribution in [0.3, 0.4) is 0 Å². The predicted molar refractivity (Wildman–Crippen MR) is 94.8 cm³/mol. The summed E-state index contributed by atoms with van der Waals surface area (Å²) in [7, 11) is 0. The summed E-state index contributed by atoms with van der Waals surface area (Å²) >= 11 is 1.08. The second-order valence-electron chi connectivity index (χ2n) is 5.37. The topological polar surface area (TPSA) is 119 Å². The number of carbonyl (C=O) groups excluding carboxylic acids is 3. The summed E-state index contributed by atoms with van der Waals surface area (Å²) in [6, 6.07) is 11.6. The van der Waals surface area contributed by atoms with E-state index >= 15 is 0 Å². The van der Waals surface area contributed by atoms with E-state index in [9.17, 15) is 19.2 Å². The van der Waals surface area contributed by atoms with Crippen molar-refractivity contribution in [3.63, 3.8) is 0 Å². The van der Waals surface area contributed by atoms with Gasteiger partial charge >= 0.3 is 17.9 Å². The molecule has 9 heteroatoms. The molecule has 1 saturated heterocycles. The first-order valence-corrected chi connectivity index (χ1v) is 8.77. The van der Waals surface area contributed by atoms with Crippen LogP contribution in [0, 0.1) is 0 Å². The molecular weight excluding hydrogens is 374 g/mol. The number of carboxylic acid groups (broad SMARTS) is 1. The van der Waals surface area contributed by atoms with Gasteiger partial charge in [-0.15, -0.1) is 11.8 Å². The second-order valence-corrected chi connectivity index (χ2v) is 6.46. The van der Waals surface area contributed by atoms with E-state index in [0.717, 1.165) is 11.8 Å². The highest BCUT2D eigenvalue weighted by molar-refractivity contribution is 8.01. The van der Waals surface area contributed by atoms with Crippen LogP contribution in [0.5, 0.6) is 11.5 Å². The van der Waals surface area contributed by atoms with Gasteiger partial charge in [0, 0.05) is 0 Å². The van der Waals surface area contributed by atoms with Gasteiger partial charge in [0.15, 0.2) is 5.37 Å². The van der Waals surface area contributed by atoms with Crippen LogP contribution < -0.4 is 14.8 Å². The van der Waals surface area contributed by atoms with Crippen molar-refractivity contribution in [2.24, 2.45) is 0 Å². The van der Waals surface area contributed by atoms with Gasteiger partial charge in [0.05, 0.1) is 5.75 Å². The minimum atomic E-state index is -1.24. The van der Waals surface area contributed by atoms with Crippen LogP contribution in [0.4, 0.5) is 0 Å². The molecule has 8 nitrogen and oxygen atoms in total. The van der Waals surface area contributed by atoms with E-state index in [2.05, 4.69) is 5.32 Å². The molecule has 0 saturated carbocycles. The number of para-hydroxylation sites is 2. The monoisotopic (exact) mass is 387 g/mol. The molecule has 0 aliphatic carbocycles. The summed E-state index contributed by atoms with van der Waals surface area (Å²) in [6.45, 7) is 0. The van der Waals surface area contributed by atoms with E-state index in [0.29, 0.717) is 0 Å². The number of aromatic carboxylic acids is 1. The summed E-state index contributed by atoms with van der Waals surface area (Å²) in [5.74, 6) is -3.16. The first-order chi connectivity index (χ1) is 13.0. The van der Waals surface area contributed by atoms with Crippen LogP contribution in [-0.2, 0) is 9.59 Å². The van der Waals surface area contributed by atoms with Crippen LogP contribution in [0.25, 0.3) is 0 Å². The van der Waals surface area contributed by atoms with Gasteiger partial charge in [-0.1, -0.05) is 24.3 Å². The third kappa shape index (κ3) is 4.26. The molecule has 2 aromatic rings. The number of hydrogen-bond acceptors (Lipinski definition) is 7. The van der Waals surface area contributed by atoms with Crippen molar-refractivity contribution in [3.05, 3.63) is 59.7 Å². The highest BCUT2D eigenvalue weighted by atomic mass is 32.2. The quantitative estimate of drug-likeness (QED) is 0.588. The number of carbonyl (C=O) groups is 4. The fourth-order valence-electron chi connectivity index (χ4n) is 2.29. The van der Waals surface area contributed by atoms with Gasteiger partial charge < -0.3 is 19.9 Å². The number of carboxylic acids is 1. The molecule has 2 N–H and O–H groups in total. The maximum absolute atomic E-state index is 12.5. The molecule has 1 atom stereocenters. The highest BCUT2D eigenvalue weighted by Crippen LogP contribution is 2.25. The molecule has 1 heterocycles. The molecule has 0 bridgehead atoms. The largest absolute Gasteiger partial charge is 0.478 e. The van der Waals surface area contributed by atoms with Crippen molar-refractivity contribution >= 4 is 35.6 Å². The third-order valence-corrected chi connectivity index (χ3v) is 4.60. The second kappa shape index (κ2) is 7.92. The lowest BCUT2D eigenvalue weighted by Gasteiger charge is -2.13. The molecular formula is C18H13NO7S. The van der Waals surface area contributed by atoms with Gasteiger partial charge in [0.1, 0.15) is 22.6 Å². The molecule has 1 amide bonds. The van der Waals surface area contributed by atoms with Crippen LogP contribution >= 0.6 is 11.8 Å². The van der Waals surface area contributed by atoms with E-state index in [4.69, 9.17) is 14.6 Å². The predicted octanol–water partition coefficient (Wildman–Crippen LogP) is 1.70. The normalized spacial score (nSPS) is 15.7. The third-order valence-electron chi connectivity index (χ3n) is 3.52.